The van der Waals surface area contributed by atoms with E-state index in [0.29, 0.717) is 31.7 Å². The second-order valence-electron chi connectivity index (χ2n) is 6.92. The Morgan fingerprint density at radius 3 is 2.55 bits per heavy atom. The third kappa shape index (κ3) is 3.79. The monoisotopic (exact) mass is 392 g/mol. The summed E-state index contributed by atoms with van der Waals surface area (Å²) in [7, 11) is 0. The number of rotatable bonds is 4. The van der Waals surface area contributed by atoms with Crippen molar-refractivity contribution in [1.29, 1.82) is 0 Å². The van der Waals surface area contributed by atoms with Crippen molar-refractivity contribution in [3.05, 3.63) is 76.4 Å². The fraction of sp³-hybridized carbons (Fsp3) is 0.250. The van der Waals surface area contributed by atoms with Crippen molar-refractivity contribution in [2.45, 2.75) is 6.92 Å². The Labute approximate surface area is 167 Å². The highest BCUT2D eigenvalue weighted by molar-refractivity contribution is 5.95. The van der Waals surface area contributed by atoms with Gasteiger partial charge in [-0.1, -0.05) is 12.1 Å². The molecular weight excluding hydrogens is 372 g/mol. The molecule has 9 nitrogen and oxygen atoms in total. The molecule has 9 heteroatoms. The van der Waals surface area contributed by atoms with Crippen LogP contribution in [0.2, 0.25) is 0 Å². The number of carbonyl (C=O) groups excluding carboxylic acids is 1. The molecule has 1 aliphatic heterocycles. The number of benzene rings is 2. The summed E-state index contributed by atoms with van der Waals surface area (Å²) >= 11 is 0. The van der Waals surface area contributed by atoms with Gasteiger partial charge in [0, 0.05) is 43.5 Å². The number of hydrogen-bond acceptors (Lipinski definition) is 6. The van der Waals surface area contributed by atoms with Gasteiger partial charge in [-0.3, -0.25) is 14.9 Å². The molecule has 0 atom stereocenters. The number of nitrogens with zero attached hydrogens (tertiary/aromatic N) is 6. The Bertz CT molecular complexity index is 1040. The second kappa shape index (κ2) is 7.70. The third-order valence-corrected chi connectivity index (χ3v) is 5.02. The third-order valence-electron chi connectivity index (χ3n) is 5.02. The van der Waals surface area contributed by atoms with E-state index in [1.165, 1.54) is 35.0 Å². The maximum absolute atomic E-state index is 12.9. The van der Waals surface area contributed by atoms with Crippen LogP contribution in [0.4, 0.5) is 11.4 Å². The van der Waals surface area contributed by atoms with E-state index >= 15 is 0 Å². The summed E-state index contributed by atoms with van der Waals surface area (Å²) in [5.41, 5.74) is 2.73. The van der Waals surface area contributed by atoms with Crippen molar-refractivity contribution >= 4 is 17.3 Å². The molecule has 1 aromatic heterocycles. The lowest BCUT2D eigenvalue weighted by atomic mass is 10.1. The lowest BCUT2D eigenvalue weighted by Crippen LogP contribution is -2.48. The highest BCUT2D eigenvalue weighted by Crippen LogP contribution is 2.25. The first-order chi connectivity index (χ1) is 14.0. The van der Waals surface area contributed by atoms with Crippen molar-refractivity contribution in [3.8, 4) is 5.69 Å². The van der Waals surface area contributed by atoms with Gasteiger partial charge in [0.2, 0.25) is 0 Å². The number of aryl methyl sites for hydroxylation is 1. The van der Waals surface area contributed by atoms with E-state index in [-0.39, 0.29) is 17.3 Å². The minimum absolute atomic E-state index is 0.181. The van der Waals surface area contributed by atoms with E-state index in [9.17, 15) is 14.9 Å². The van der Waals surface area contributed by atoms with Crippen LogP contribution >= 0.6 is 0 Å². The van der Waals surface area contributed by atoms with Crippen LogP contribution < -0.4 is 4.90 Å². The van der Waals surface area contributed by atoms with E-state index in [1.807, 2.05) is 6.07 Å². The van der Waals surface area contributed by atoms with Crippen LogP contribution in [0, 0.1) is 17.0 Å². The van der Waals surface area contributed by atoms with E-state index in [4.69, 9.17) is 0 Å². The van der Waals surface area contributed by atoms with Crippen LogP contribution in [0.3, 0.4) is 0 Å². The quantitative estimate of drug-likeness (QED) is 0.500. The van der Waals surface area contributed by atoms with Crippen LogP contribution in [0.15, 0.2) is 55.1 Å². The van der Waals surface area contributed by atoms with Crippen molar-refractivity contribution in [2.24, 2.45) is 0 Å². The van der Waals surface area contributed by atoms with Gasteiger partial charge < -0.3 is 9.80 Å². The molecule has 3 aromatic rings. The van der Waals surface area contributed by atoms with Gasteiger partial charge >= 0.3 is 0 Å². The summed E-state index contributed by atoms with van der Waals surface area (Å²) in [6.45, 7) is 4.61. The number of carbonyl (C=O) groups is 1. The fourth-order valence-corrected chi connectivity index (χ4v) is 3.50. The average Bonchev–Trinajstić information content (AvgIpc) is 3.27. The number of nitro benzene ring substituents is 1. The lowest BCUT2D eigenvalue weighted by molar-refractivity contribution is -0.384. The molecule has 0 unspecified atom stereocenters. The summed E-state index contributed by atoms with van der Waals surface area (Å²) < 4.78 is 1.31. The van der Waals surface area contributed by atoms with Crippen LogP contribution in [0.5, 0.6) is 0 Å². The predicted octanol–water partition coefficient (Wildman–Crippen LogP) is 2.45. The summed E-state index contributed by atoms with van der Waals surface area (Å²) in [6, 6.07) is 12.7. The minimum atomic E-state index is -0.510. The molecule has 0 saturated carbocycles. The maximum atomic E-state index is 12.9. The van der Waals surface area contributed by atoms with Gasteiger partial charge in [0.1, 0.15) is 18.3 Å². The zero-order valence-corrected chi connectivity index (χ0v) is 15.9. The molecule has 1 saturated heterocycles. The molecule has 2 heterocycles. The molecular formula is C20H20N6O3. The van der Waals surface area contributed by atoms with Crippen molar-refractivity contribution in [1.82, 2.24) is 19.7 Å². The Morgan fingerprint density at radius 2 is 1.90 bits per heavy atom. The summed E-state index contributed by atoms with van der Waals surface area (Å²) in [5.74, 6) is -0.206. The van der Waals surface area contributed by atoms with Gasteiger partial charge in [-0.05, 0) is 36.8 Å². The molecule has 148 valence electrons. The first kappa shape index (κ1) is 18.6. The molecule has 2 aromatic carbocycles. The van der Waals surface area contributed by atoms with E-state index in [0.717, 1.165) is 5.69 Å². The number of hydrogen-bond donors (Lipinski definition) is 0. The normalized spacial score (nSPS) is 14.1. The highest BCUT2D eigenvalue weighted by Gasteiger charge is 2.25. The Hall–Kier alpha value is -3.75. The van der Waals surface area contributed by atoms with Gasteiger partial charge in [-0.2, -0.15) is 5.10 Å². The number of anilines is 1. The zero-order chi connectivity index (χ0) is 20.4. The van der Waals surface area contributed by atoms with Crippen molar-refractivity contribution < 1.29 is 9.72 Å². The lowest BCUT2D eigenvalue weighted by Gasteiger charge is -2.36. The van der Waals surface area contributed by atoms with E-state index in [1.54, 1.807) is 11.0 Å². The summed E-state index contributed by atoms with van der Waals surface area (Å²) in [6.07, 6.45) is 2.69. The zero-order valence-electron chi connectivity index (χ0n) is 15.9. The molecule has 0 N–H and O–H groups in total. The van der Waals surface area contributed by atoms with Crippen LogP contribution in [-0.4, -0.2) is 56.7 Å². The largest absolute Gasteiger partial charge is 0.368 e. The van der Waals surface area contributed by atoms with Crippen LogP contribution in [0.1, 0.15) is 15.9 Å². The Balaban J connectivity index is 1.50. The van der Waals surface area contributed by atoms with Crippen LogP contribution in [-0.2, 0) is 0 Å². The van der Waals surface area contributed by atoms with Crippen LogP contribution in [0.25, 0.3) is 5.69 Å². The molecule has 1 aliphatic rings. The average molecular weight is 392 g/mol. The molecule has 0 aliphatic carbocycles. The fourth-order valence-electron chi connectivity index (χ4n) is 3.50. The molecule has 0 bridgehead atoms. The van der Waals surface area contributed by atoms with Gasteiger partial charge in [-0.25, -0.2) is 9.67 Å². The van der Waals surface area contributed by atoms with Gasteiger partial charge in [0.25, 0.3) is 11.6 Å². The van der Waals surface area contributed by atoms with Crippen molar-refractivity contribution in [3.63, 3.8) is 0 Å². The van der Waals surface area contributed by atoms with Crippen molar-refractivity contribution in [2.75, 3.05) is 31.1 Å². The Morgan fingerprint density at radius 1 is 1.10 bits per heavy atom. The molecule has 1 fully saturated rings. The SMILES string of the molecule is Cc1cccc(N2CCN(C(=O)c3ccc(-n4cncn4)c([N+](=O)[O-])c3)CC2)c1. The van der Waals surface area contributed by atoms with Gasteiger partial charge in [-0.15, -0.1) is 0 Å². The molecule has 0 spiro atoms. The second-order valence-corrected chi connectivity index (χ2v) is 6.92. The summed E-state index contributed by atoms with van der Waals surface area (Å²) in [5, 5.41) is 15.4. The first-order valence-corrected chi connectivity index (χ1v) is 9.27. The number of piperazine rings is 1. The number of aromatic nitrogens is 3. The topological polar surface area (TPSA) is 97.4 Å². The van der Waals surface area contributed by atoms with E-state index < -0.39 is 4.92 Å². The molecule has 1 amide bonds. The van der Waals surface area contributed by atoms with E-state index in [2.05, 4.69) is 40.1 Å². The number of nitro groups is 1. The predicted molar refractivity (Wildman–Crippen MR) is 107 cm³/mol. The molecule has 0 radical (unpaired) electrons. The standard InChI is InChI=1S/C20H20N6O3/c1-15-3-2-4-17(11-15)23-7-9-24(10-8-23)20(27)16-5-6-18(19(12-16)26(28)29)25-14-21-13-22-25/h2-6,11-14H,7-10H2,1H3. The highest BCUT2D eigenvalue weighted by atomic mass is 16.6. The Kier molecular flexibility index (Phi) is 4.94. The maximum Gasteiger partial charge on any atom is 0.295 e. The van der Waals surface area contributed by atoms with Gasteiger partial charge in [0.15, 0.2) is 0 Å². The minimum Gasteiger partial charge on any atom is -0.368 e. The molecule has 29 heavy (non-hydrogen) atoms. The van der Waals surface area contributed by atoms with Gasteiger partial charge in [0.05, 0.1) is 4.92 Å². The molecule has 4 rings (SSSR count). The number of amides is 1. The summed E-state index contributed by atoms with van der Waals surface area (Å²) in [4.78, 5) is 31.7. The smallest absolute Gasteiger partial charge is 0.295 e. The first-order valence-electron chi connectivity index (χ1n) is 9.27.